The zero-order chi connectivity index (χ0) is 18.9. The molecule has 2 atom stereocenters. The molecule has 4 rings (SSSR count). The van der Waals surface area contributed by atoms with Crippen LogP contribution in [0.25, 0.3) is 0 Å². The Morgan fingerprint density at radius 2 is 1.74 bits per heavy atom. The van der Waals surface area contributed by atoms with Crippen molar-refractivity contribution in [3.05, 3.63) is 59.7 Å². The van der Waals surface area contributed by atoms with Gasteiger partial charge in [0.15, 0.2) is 0 Å². The number of likely N-dealkylation sites (tertiary alicyclic amines) is 1. The molecule has 0 bridgehead atoms. The van der Waals surface area contributed by atoms with Gasteiger partial charge in [0.2, 0.25) is 0 Å². The molecular formula is C21H25NO4S. The van der Waals surface area contributed by atoms with Gasteiger partial charge in [-0.15, -0.1) is 0 Å². The van der Waals surface area contributed by atoms with Gasteiger partial charge in [0, 0.05) is 11.6 Å². The highest BCUT2D eigenvalue weighted by Crippen LogP contribution is 2.37. The van der Waals surface area contributed by atoms with Crippen molar-refractivity contribution in [3.63, 3.8) is 0 Å². The monoisotopic (exact) mass is 387 g/mol. The number of hydrogen-bond acceptors (Lipinski definition) is 5. The van der Waals surface area contributed by atoms with E-state index >= 15 is 0 Å². The third-order valence-electron chi connectivity index (χ3n) is 5.39. The molecule has 0 radical (unpaired) electrons. The maximum atomic E-state index is 12.9. The van der Waals surface area contributed by atoms with E-state index in [0.29, 0.717) is 18.8 Å². The van der Waals surface area contributed by atoms with Crippen molar-refractivity contribution in [2.45, 2.75) is 43.2 Å². The highest BCUT2D eigenvalue weighted by atomic mass is 32.2. The summed E-state index contributed by atoms with van der Waals surface area (Å²) in [6.07, 6.45) is 2.40. The number of para-hydroxylation sites is 1. The van der Waals surface area contributed by atoms with Crippen LogP contribution in [0.15, 0.2) is 53.4 Å². The Bertz CT molecular complexity index is 889. The average Bonchev–Trinajstić information content (AvgIpc) is 3.13. The van der Waals surface area contributed by atoms with Crippen molar-refractivity contribution in [2.24, 2.45) is 0 Å². The first-order chi connectivity index (χ1) is 13.0. The van der Waals surface area contributed by atoms with E-state index in [-0.39, 0.29) is 10.9 Å². The van der Waals surface area contributed by atoms with Crippen LogP contribution in [-0.2, 0) is 14.3 Å². The number of nitrogens with zero attached hydrogens (tertiary/aromatic N) is 1. The van der Waals surface area contributed by atoms with Crippen LogP contribution in [0.5, 0.6) is 5.75 Å². The molecule has 2 aliphatic heterocycles. The van der Waals surface area contributed by atoms with E-state index in [1.165, 1.54) is 12.8 Å². The minimum Gasteiger partial charge on any atom is -0.492 e. The van der Waals surface area contributed by atoms with E-state index in [1.54, 1.807) is 24.3 Å². The SMILES string of the molecule is Cc1ccc(S(=O)(=O)O[C@@H]2C[C@H](N3CCCC3)COc3ccccc32)cc1. The topological polar surface area (TPSA) is 55.8 Å². The third kappa shape index (κ3) is 4.03. The summed E-state index contributed by atoms with van der Waals surface area (Å²) in [5.41, 5.74) is 1.81. The van der Waals surface area contributed by atoms with Crippen LogP contribution in [-0.4, -0.2) is 39.1 Å². The van der Waals surface area contributed by atoms with E-state index in [2.05, 4.69) is 4.90 Å². The number of benzene rings is 2. The predicted octanol–water partition coefficient (Wildman–Crippen LogP) is 3.69. The molecule has 144 valence electrons. The fraction of sp³-hybridized carbons (Fsp3) is 0.429. The van der Waals surface area contributed by atoms with E-state index < -0.39 is 16.2 Å². The summed E-state index contributed by atoms with van der Waals surface area (Å²) in [5.74, 6) is 0.711. The lowest BCUT2D eigenvalue weighted by atomic mass is 10.0. The number of ether oxygens (including phenoxy) is 1. The van der Waals surface area contributed by atoms with Crippen molar-refractivity contribution in [1.29, 1.82) is 0 Å². The summed E-state index contributed by atoms with van der Waals surface area (Å²) < 4.78 is 37.6. The Hall–Kier alpha value is -1.89. The molecule has 0 N–H and O–H groups in total. The lowest BCUT2D eigenvalue weighted by Crippen LogP contribution is -2.38. The lowest BCUT2D eigenvalue weighted by molar-refractivity contribution is 0.118. The summed E-state index contributed by atoms with van der Waals surface area (Å²) in [6, 6.07) is 14.5. The molecule has 0 saturated carbocycles. The average molecular weight is 388 g/mol. The quantitative estimate of drug-likeness (QED) is 0.749. The number of hydrogen-bond donors (Lipinski definition) is 0. The van der Waals surface area contributed by atoms with Crippen LogP contribution in [0, 0.1) is 6.92 Å². The number of rotatable bonds is 4. The molecule has 0 unspecified atom stereocenters. The van der Waals surface area contributed by atoms with Gasteiger partial charge in [-0.25, -0.2) is 0 Å². The fourth-order valence-electron chi connectivity index (χ4n) is 3.87. The van der Waals surface area contributed by atoms with Crippen molar-refractivity contribution < 1.29 is 17.3 Å². The molecule has 6 heteroatoms. The van der Waals surface area contributed by atoms with Crippen molar-refractivity contribution in [1.82, 2.24) is 4.90 Å². The van der Waals surface area contributed by atoms with E-state index in [1.807, 2.05) is 31.2 Å². The minimum atomic E-state index is -3.86. The molecule has 1 fully saturated rings. The van der Waals surface area contributed by atoms with Gasteiger partial charge in [-0.3, -0.25) is 9.08 Å². The molecule has 2 aliphatic rings. The zero-order valence-corrected chi connectivity index (χ0v) is 16.3. The van der Waals surface area contributed by atoms with Crippen molar-refractivity contribution >= 4 is 10.1 Å². The summed E-state index contributed by atoms with van der Waals surface area (Å²) in [7, 11) is -3.86. The van der Waals surface area contributed by atoms with Crippen molar-refractivity contribution in [3.8, 4) is 5.75 Å². The molecule has 0 aliphatic carbocycles. The Morgan fingerprint density at radius 1 is 1.04 bits per heavy atom. The van der Waals surface area contributed by atoms with Crippen LogP contribution in [0.3, 0.4) is 0 Å². The fourth-order valence-corrected chi connectivity index (χ4v) is 4.94. The second-order valence-corrected chi connectivity index (χ2v) is 8.91. The van der Waals surface area contributed by atoms with Gasteiger partial charge in [0.25, 0.3) is 10.1 Å². The van der Waals surface area contributed by atoms with E-state index in [0.717, 1.165) is 24.2 Å². The van der Waals surface area contributed by atoms with Crippen LogP contribution < -0.4 is 4.74 Å². The molecule has 0 aromatic heterocycles. The Balaban J connectivity index is 1.63. The van der Waals surface area contributed by atoms with Crippen molar-refractivity contribution in [2.75, 3.05) is 19.7 Å². The van der Waals surface area contributed by atoms with Gasteiger partial charge < -0.3 is 4.74 Å². The number of aryl methyl sites for hydroxylation is 1. The van der Waals surface area contributed by atoms with E-state index in [4.69, 9.17) is 8.92 Å². The largest absolute Gasteiger partial charge is 0.492 e. The predicted molar refractivity (Wildman–Crippen MR) is 103 cm³/mol. The molecule has 27 heavy (non-hydrogen) atoms. The molecule has 5 nitrogen and oxygen atoms in total. The van der Waals surface area contributed by atoms with Gasteiger partial charge >= 0.3 is 0 Å². The van der Waals surface area contributed by atoms with Crippen LogP contribution in [0.2, 0.25) is 0 Å². The van der Waals surface area contributed by atoms with Crippen LogP contribution in [0.1, 0.15) is 36.5 Å². The normalized spacial score (nSPS) is 23.4. The smallest absolute Gasteiger partial charge is 0.297 e. The summed E-state index contributed by atoms with van der Waals surface area (Å²) in [6.45, 7) is 4.54. The van der Waals surface area contributed by atoms with Crippen LogP contribution in [0.4, 0.5) is 0 Å². The van der Waals surface area contributed by atoms with Gasteiger partial charge in [-0.05, 0) is 57.5 Å². The maximum absolute atomic E-state index is 12.9. The van der Waals surface area contributed by atoms with Gasteiger partial charge in [-0.1, -0.05) is 35.9 Å². The Kier molecular flexibility index (Phi) is 5.21. The highest BCUT2D eigenvalue weighted by molar-refractivity contribution is 7.86. The summed E-state index contributed by atoms with van der Waals surface area (Å²) in [4.78, 5) is 2.58. The molecule has 2 aromatic rings. The Labute approximate surface area is 161 Å². The molecule has 1 saturated heterocycles. The first-order valence-electron chi connectivity index (χ1n) is 9.49. The minimum absolute atomic E-state index is 0.151. The van der Waals surface area contributed by atoms with Gasteiger partial charge in [0.1, 0.15) is 18.5 Å². The zero-order valence-electron chi connectivity index (χ0n) is 15.5. The first kappa shape index (κ1) is 18.5. The summed E-state index contributed by atoms with van der Waals surface area (Å²) >= 11 is 0. The first-order valence-corrected chi connectivity index (χ1v) is 10.9. The summed E-state index contributed by atoms with van der Waals surface area (Å²) in [5, 5.41) is 0. The molecular weight excluding hydrogens is 362 g/mol. The lowest BCUT2D eigenvalue weighted by Gasteiger charge is -2.27. The van der Waals surface area contributed by atoms with Crippen LogP contribution >= 0.6 is 0 Å². The second-order valence-electron chi connectivity index (χ2n) is 7.33. The molecule has 0 spiro atoms. The Morgan fingerprint density at radius 3 is 2.48 bits per heavy atom. The van der Waals surface area contributed by atoms with Gasteiger partial charge in [-0.2, -0.15) is 8.42 Å². The molecule has 2 aromatic carbocycles. The molecule has 2 heterocycles. The third-order valence-corrected chi connectivity index (χ3v) is 6.73. The highest BCUT2D eigenvalue weighted by Gasteiger charge is 2.34. The second kappa shape index (κ2) is 7.62. The standard InChI is InChI=1S/C21H25NO4S/c1-16-8-10-18(11-9-16)27(23,24)26-21-14-17(22-12-4-5-13-22)15-25-20-7-3-2-6-19(20)21/h2-3,6-11,17,21H,4-5,12-15H2,1H3/t17-,21+/m0/s1. The van der Waals surface area contributed by atoms with E-state index in [9.17, 15) is 8.42 Å². The number of fused-ring (bicyclic) bond motifs is 1. The maximum Gasteiger partial charge on any atom is 0.297 e. The molecule has 0 amide bonds. The van der Waals surface area contributed by atoms with Gasteiger partial charge in [0.05, 0.1) is 4.90 Å².